The van der Waals surface area contributed by atoms with E-state index in [1.807, 2.05) is 24.3 Å². The molecule has 0 aliphatic carbocycles. The zero-order valence-corrected chi connectivity index (χ0v) is 17.5. The van der Waals surface area contributed by atoms with E-state index < -0.39 is 10.0 Å². The van der Waals surface area contributed by atoms with Crippen LogP contribution in [0.3, 0.4) is 0 Å². The Morgan fingerprint density at radius 2 is 1.70 bits per heavy atom. The van der Waals surface area contributed by atoms with Gasteiger partial charge in [0.2, 0.25) is 15.9 Å². The number of halogens is 2. The summed E-state index contributed by atoms with van der Waals surface area (Å²) < 4.78 is 25.4. The number of nitrogens with zero attached hydrogens (tertiary/aromatic N) is 1. The molecule has 0 radical (unpaired) electrons. The van der Waals surface area contributed by atoms with Gasteiger partial charge in [-0.05, 0) is 55.2 Å². The molecule has 2 aromatic carbocycles. The van der Waals surface area contributed by atoms with Crippen LogP contribution in [0.4, 0.5) is 5.69 Å². The Hall–Kier alpha value is -1.76. The third kappa shape index (κ3) is 6.72. The molecule has 0 aliphatic heterocycles. The number of amides is 1. The molecule has 0 spiro atoms. The van der Waals surface area contributed by atoms with Crippen molar-refractivity contribution in [3.05, 3.63) is 63.6 Å². The summed E-state index contributed by atoms with van der Waals surface area (Å²) in [6, 6.07) is 12.5. The molecule has 2 rings (SSSR count). The van der Waals surface area contributed by atoms with Gasteiger partial charge in [-0.1, -0.05) is 41.4 Å². The second kappa shape index (κ2) is 9.44. The summed E-state index contributed by atoms with van der Waals surface area (Å²) in [5.41, 5.74) is 2.25. The first-order valence-corrected chi connectivity index (χ1v) is 11.0. The van der Waals surface area contributed by atoms with Gasteiger partial charge in [-0.15, -0.1) is 0 Å². The van der Waals surface area contributed by atoms with Crippen LogP contribution in [0, 0.1) is 6.92 Å². The van der Waals surface area contributed by atoms with Crippen molar-refractivity contribution in [3.8, 4) is 0 Å². The summed E-state index contributed by atoms with van der Waals surface area (Å²) in [5.74, 6) is -0.365. The minimum absolute atomic E-state index is 0.291. The van der Waals surface area contributed by atoms with Gasteiger partial charge >= 0.3 is 0 Å². The second-order valence-corrected chi connectivity index (χ2v) is 9.06. The highest BCUT2D eigenvalue weighted by molar-refractivity contribution is 7.92. The SMILES string of the molecule is Cc1ccc(Cl)cc1N(CC(=O)NCCCc1ccc(Cl)cc1)S(C)(=O)=O. The van der Waals surface area contributed by atoms with Crippen molar-refractivity contribution in [1.29, 1.82) is 0 Å². The van der Waals surface area contributed by atoms with Crippen LogP contribution < -0.4 is 9.62 Å². The van der Waals surface area contributed by atoms with Gasteiger partial charge in [0.25, 0.3) is 0 Å². The first-order chi connectivity index (χ1) is 12.7. The Kier molecular flexibility index (Phi) is 7.53. The Morgan fingerprint density at radius 1 is 1.07 bits per heavy atom. The zero-order valence-electron chi connectivity index (χ0n) is 15.2. The number of anilines is 1. The summed E-state index contributed by atoms with van der Waals surface area (Å²) in [7, 11) is -3.63. The maximum atomic E-state index is 12.3. The molecule has 1 N–H and O–H groups in total. The van der Waals surface area contributed by atoms with Gasteiger partial charge in [-0.2, -0.15) is 0 Å². The van der Waals surface area contributed by atoms with E-state index in [-0.39, 0.29) is 12.5 Å². The summed E-state index contributed by atoms with van der Waals surface area (Å²) in [4.78, 5) is 12.3. The van der Waals surface area contributed by atoms with Crippen molar-refractivity contribution in [3.63, 3.8) is 0 Å². The number of hydrogen-bond acceptors (Lipinski definition) is 3. The average Bonchev–Trinajstić information content (AvgIpc) is 2.59. The molecule has 1 amide bonds. The molecule has 2 aromatic rings. The van der Waals surface area contributed by atoms with Crippen LogP contribution in [0.15, 0.2) is 42.5 Å². The van der Waals surface area contributed by atoms with E-state index in [0.717, 1.165) is 34.5 Å². The molecule has 0 aromatic heterocycles. The van der Waals surface area contributed by atoms with Crippen molar-refractivity contribution in [1.82, 2.24) is 5.32 Å². The van der Waals surface area contributed by atoms with E-state index in [1.165, 1.54) is 0 Å². The quantitative estimate of drug-likeness (QED) is 0.649. The molecule has 0 bridgehead atoms. The molecule has 0 aliphatic rings. The van der Waals surface area contributed by atoms with Crippen LogP contribution in [-0.4, -0.2) is 33.7 Å². The van der Waals surface area contributed by atoms with Gasteiger partial charge in [0.15, 0.2) is 0 Å². The summed E-state index contributed by atoms with van der Waals surface area (Å²) in [6.07, 6.45) is 2.60. The molecule has 5 nitrogen and oxygen atoms in total. The fourth-order valence-corrected chi connectivity index (χ4v) is 3.79. The number of carbonyl (C=O) groups excluding carboxylic acids is 1. The lowest BCUT2D eigenvalue weighted by Gasteiger charge is -2.23. The highest BCUT2D eigenvalue weighted by atomic mass is 35.5. The molecular formula is C19H22Cl2N2O3S. The van der Waals surface area contributed by atoms with Crippen molar-refractivity contribution in [2.45, 2.75) is 19.8 Å². The van der Waals surface area contributed by atoms with Crippen LogP contribution >= 0.6 is 23.2 Å². The van der Waals surface area contributed by atoms with Crippen LogP contribution in [0.1, 0.15) is 17.5 Å². The Morgan fingerprint density at radius 3 is 2.33 bits per heavy atom. The van der Waals surface area contributed by atoms with Crippen molar-refractivity contribution < 1.29 is 13.2 Å². The fraction of sp³-hybridized carbons (Fsp3) is 0.316. The van der Waals surface area contributed by atoms with E-state index in [4.69, 9.17) is 23.2 Å². The standard InChI is InChI=1S/C19H22Cl2N2O3S/c1-14-5-8-17(21)12-18(14)23(27(2,25)26)13-19(24)22-11-3-4-15-6-9-16(20)10-7-15/h5-10,12H,3-4,11,13H2,1-2H3,(H,22,24). The van der Waals surface area contributed by atoms with E-state index in [0.29, 0.717) is 22.3 Å². The van der Waals surface area contributed by atoms with Crippen LogP contribution in [0.5, 0.6) is 0 Å². The fourth-order valence-electron chi connectivity index (χ4n) is 2.59. The van der Waals surface area contributed by atoms with Crippen LogP contribution in [0.2, 0.25) is 10.0 Å². The van der Waals surface area contributed by atoms with Crippen molar-refractivity contribution in [2.75, 3.05) is 23.7 Å². The minimum atomic E-state index is -3.63. The molecular weight excluding hydrogens is 407 g/mol. The summed E-state index contributed by atoms with van der Waals surface area (Å²) in [5, 5.41) is 3.86. The summed E-state index contributed by atoms with van der Waals surface area (Å²) >= 11 is 11.8. The van der Waals surface area contributed by atoms with E-state index in [1.54, 1.807) is 25.1 Å². The molecule has 0 atom stereocenters. The Balaban J connectivity index is 1.94. The van der Waals surface area contributed by atoms with Gasteiger partial charge in [0.1, 0.15) is 6.54 Å². The molecule has 8 heteroatoms. The van der Waals surface area contributed by atoms with Crippen LogP contribution in [0.25, 0.3) is 0 Å². The first kappa shape index (κ1) is 21.5. The van der Waals surface area contributed by atoms with Crippen molar-refractivity contribution >= 4 is 44.8 Å². The number of carbonyl (C=O) groups is 1. The third-order valence-corrected chi connectivity index (χ3v) is 5.62. The number of nitrogens with one attached hydrogen (secondary N) is 1. The molecule has 0 saturated carbocycles. The molecule has 0 fully saturated rings. The van der Waals surface area contributed by atoms with E-state index in [9.17, 15) is 13.2 Å². The number of sulfonamides is 1. The molecule has 0 unspecified atom stereocenters. The van der Waals surface area contributed by atoms with Gasteiger partial charge < -0.3 is 5.32 Å². The van der Waals surface area contributed by atoms with E-state index >= 15 is 0 Å². The molecule has 27 heavy (non-hydrogen) atoms. The maximum Gasteiger partial charge on any atom is 0.240 e. The van der Waals surface area contributed by atoms with Gasteiger partial charge in [0, 0.05) is 16.6 Å². The minimum Gasteiger partial charge on any atom is -0.355 e. The highest BCUT2D eigenvalue weighted by Crippen LogP contribution is 2.26. The number of aryl methyl sites for hydroxylation is 2. The van der Waals surface area contributed by atoms with Gasteiger partial charge in [0.05, 0.1) is 11.9 Å². The Labute approximate surface area is 170 Å². The second-order valence-electron chi connectivity index (χ2n) is 6.28. The Bertz CT molecular complexity index is 900. The van der Waals surface area contributed by atoms with Gasteiger partial charge in [-0.25, -0.2) is 8.42 Å². The normalized spacial score (nSPS) is 11.3. The number of rotatable bonds is 8. The lowest BCUT2D eigenvalue weighted by Crippen LogP contribution is -2.41. The summed E-state index contributed by atoms with van der Waals surface area (Å²) in [6.45, 7) is 1.93. The number of hydrogen-bond donors (Lipinski definition) is 1. The van der Waals surface area contributed by atoms with Crippen LogP contribution in [-0.2, 0) is 21.2 Å². The predicted molar refractivity (Wildman–Crippen MR) is 111 cm³/mol. The lowest BCUT2D eigenvalue weighted by atomic mass is 10.1. The molecule has 0 heterocycles. The zero-order chi connectivity index (χ0) is 20.0. The lowest BCUT2D eigenvalue weighted by molar-refractivity contribution is -0.119. The third-order valence-electron chi connectivity index (χ3n) is 4.01. The molecule has 0 saturated heterocycles. The number of benzene rings is 2. The average molecular weight is 429 g/mol. The molecule has 146 valence electrons. The predicted octanol–water partition coefficient (Wildman–Crippen LogP) is 3.82. The topological polar surface area (TPSA) is 66.5 Å². The van der Waals surface area contributed by atoms with Gasteiger partial charge in [-0.3, -0.25) is 9.10 Å². The first-order valence-electron chi connectivity index (χ1n) is 8.42. The maximum absolute atomic E-state index is 12.3. The monoisotopic (exact) mass is 428 g/mol. The largest absolute Gasteiger partial charge is 0.355 e. The van der Waals surface area contributed by atoms with E-state index in [2.05, 4.69) is 5.32 Å². The highest BCUT2D eigenvalue weighted by Gasteiger charge is 2.22. The van der Waals surface area contributed by atoms with Crippen molar-refractivity contribution in [2.24, 2.45) is 0 Å². The smallest absolute Gasteiger partial charge is 0.240 e.